The molecular formula is C25H17ClINO5. The first-order valence-electron chi connectivity index (χ1n) is 9.79. The molecule has 3 aromatic carbocycles. The van der Waals surface area contributed by atoms with Crippen LogP contribution in [0.3, 0.4) is 0 Å². The predicted molar refractivity (Wildman–Crippen MR) is 134 cm³/mol. The molecule has 0 bridgehead atoms. The molecule has 0 spiro atoms. The van der Waals surface area contributed by atoms with Crippen molar-refractivity contribution in [1.82, 2.24) is 0 Å². The number of hydrogen-bond acceptors (Lipinski definition) is 6. The number of nitrogens with zero attached hydrogens (tertiary/aromatic N) is 1. The second-order valence-corrected chi connectivity index (χ2v) is 8.73. The van der Waals surface area contributed by atoms with E-state index in [-0.39, 0.29) is 28.1 Å². The topological polar surface area (TPSA) is 74.2 Å². The van der Waals surface area contributed by atoms with Gasteiger partial charge in [-0.2, -0.15) is 0 Å². The third-order valence-corrected chi connectivity index (χ3v) is 5.83. The second kappa shape index (κ2) is 9.76. The summed E-state index contributed by atoms with van der Waals surface area (Å²) in [6.07, 6.45) is 1.53. The van der Waals surface area contributed by atoms with Gasteiger partial charge in [-0.15, -0.1) is 0 Å². The maximum atomic E-state index is 12.6. The Morgan fingerprint density at radius 1 is 1.12 bits per heavy atom. The Kier molecular flexibility index (Phi) is 6.80. The fourth-order valence-corrected chi connectivity index (χ4v) is 3.77. The van der Waals surface area contributed by atoms with E-state index in [1.807, 2.05) is 43.3 Å². The largest absolute Gasteiger partial charge is 0.493 e. The lowest BCUT2D eigenvalue weighted by molar-refractivity contribution is -0.129. The number of hydrogen-bond donors (Lipinski definition) is 0. The standard InChI is InChI=1S/C25H17ClINO5/c1-14-5-3-4-6-18(14)24(29)32-22-19(26)11-15(13-21(22)31-2)12-20-25(30)33-23(28-20)16-7-9-17(27)10-8-16/h3-13H,1-2H3/b20-12-. The number of aryl methyl sites for hydroxylation is 1. The maximum absolute atomic E-state index is 12.6. The first-order chi connectivity index (χ1) is 15.9. The third kappa shape index (κ3) is 5.09. The van der Waals surface area contributed by atoms with Crippen LogP contribution >= 0.6 is 34.2 Å². The van der Waals surface area contributed by atoms with Crippen molar-refractivity contribution < 1.29 is 23.8 Å². The van der Waals surface area contributed by atoms with Crippen LogP contribution in [-0.4, -0.2) is 24.9 Å². The zero-order chi connectivity index (χ0) is 23.5. The molecule has 0 N–H and O–H groups in total. The lowest BCUT2D eigenvalue weighted by atomic mass is 10.1. The molecule has 166 valence electrons. The molecule has 0 amide bonds. The number of carbonyl (C=O) groups is 2. The first kappa shape index (κ1) is 23.0. The van der Waals surface area contributed by atoms with Crippen molar-refractivity contribution in [3.8, 4) is 11.5 Å². The highest BCUT2D eigenvalue weighted by Crippen LogP contribution is 2.38. The van der Waals surface area contributed by atoms with Gasteiger partial charge in [0.2, 0.25) is 5.90 Å². The molecule has 0 radical (unpaired) electrons. The summed E-state index contributed by atoms with van der Waals surface area (Å²) in [6, 6.07) is 17.7. The molecule has 1 heterocycles. The summed E-state index contributed by atoms with van der Waals surface area (Å²) in [5.41, 5.74) is 2.55. The van der Waals surface area contributed by atoms with E-state index >= 15 is 0 Å². The lowest BCUT2D eigenvalue weighted by Gasteiger charge is -2.13. The average molecular weight is 574 g/mol. The molecule has 0 saturated heterocycles. The van der Waals surface area contributed by atoms with Crippen LogP contribution in [0, 0.1) is 10.5 Å². The summed E-state index contributed by atoms with van der Waals surface area (Å²) in [5, 5.41) is 0.149. The minimum atomic E-state index is -0.575. The number of halogens is 2. The minimum Gasteiger partial charge on any atom is -0.493 e. The van der Waals surface area contributed by atoms with E-state index < -0.39 is 11.9 Å². The quantitative estimate of drug-likeness (QED) is 0.166. The molecule has 0 unspecified atom stereocenters. The number of esters is 2. The van der Waals surface area contributed by atoms with E-state index in [9.17, 15) is 9.59 Å². The molecule has 4 rings (SSSR count). The van der Waals surface area contributed by atoms with Crippen LogP contribution in [0.1, 0.15) is 27.0 Å². The van der Waals surface area contributed by atoms with Gasteiger partial charge in [-0.3, -0.25) is 0 Å². The summed E-state index contributed by atoms with van der Waals surface area (Å²) >= 11 is 8.60. The van der Waals surface area contributed by atoms with Crippen LogP contribution in [0.5, 0.6) is 11.5 Å². The third-order valence-electron chi connectivity index (χ3n) is 4.83. The molecule has 0 fully saturated rings. The summed E-state index contributed by atoms with van der Waals surface area (Å²) in [5.74, 6) is -0.570. The smallest absolute Gasteiger partial charge is 0.363 e. The van der Waals surface area contributed by atoms with E-state index in [4.69, 9.17) is 25.8 Å². The summed E-state index contributed by atoms with van der Waals surface area (Å²) in [7, 11) is 1.44. The minimum absolute atomic E-state index is 0.0895. The molecule has 6 nitrogen and oxygen atoms in total. The molecule has 8 heteroatoms. The van der Waals surface area contributed by atoms with Crippen molar-refractivity contribution in [1.29, 1.82) is 0 Å². The first-order valence-corrected chi connectivity index (χ1v) is 11.2. The molecular weight excluding hydrogens is 557 g/mol. The van der Waals surface area contributed by atoms with Crippen molar-refractivity contribution in [2.75, 3.05) is 7.11 Å². The van der Waals surface area contributed by atoms with E-state index in [0.29, 0.717) is 16.7 Å². The van der Waals surface area contributed by atoms with Crippen molar-refractivity contribution in [2.24, 2.45) is 4.99 Å². The lowest BCUT2D eigenvalue weighted by Crippen LogP contribution is -2.11. The number of rotatable bonds is 5. The van der Waals surface area contributed by atoms with Gasteiger partial charge in [0.05, 0.1) is 17.7 Å². The number of carbonyl (C=O) groups excluding carboxylic acids is 2. The highest BCUT2D eigenvalue weighted by molar-refractivity contribution is 14.1. The van der Waals surface area contributed by atoms with Gasteiger partial charge < -0.3 is 14.2 Å². The molecule has 1 aliphatic heterocycles. The Hall–Kier alpha value is -3.17. The van der Waals surface area contributed by atoms with Gasteiger partial charge in [-0.1, -0.05) is 29.8 Å². The average Bonchev–Trinajstić information content (AvgIpc) is 3.16. The van der Waals surface area contributed by atoms with E-state index in [1.165, 1.54) is 13.2 Å². The van der Waals surface area contributed by atoms with Crippen LogP contribution in [0.4, 0.5) is 0 Å². The number of methoxy groups -OCH3 is 1. The highest BCUT2D eigenvalue weighted by Gasteiger charge is 2.25. The SMILES string of the molecule is COc1cc(/C=C2\N=C(c3ccc(I)cc3)OC2=O)cc(Cl)c1OC(=O)c1ccccc1C. The fourth-order valence-electron chi connectivity index (χ4n) is 3.15. The van der Waals surface area contributed by atoms with Gasteiger partial charge in [-0.25, -0.2) is 14.6 Å². The van der Waals surface area contributed by atoms with Crippen LogP contribution in [0.25, 0.3) is 6.08 Å². The number of benzene rings is 3. The van der Waals surface area contributed by atoms with Gasteiger partial charge >= 0.3 is 11.9 Å². The van der Waals surface area contributed by atoms with E-state index in [0.717, 1.165) is 9.13 Å². The number of cyclic esters (lactones) is 1. The predicted octanol–water partition coefficient (Wildman–Crippen LogP) is 5.83. The molecule has 0 aromatic heterocycles. The molecule has 33 heavy (non-hydrogen) atoms. The highest BCUT2D eigenvalue weighted by atomic mass is 127. The summed E-state index contributed by atoms with van der Waals surface area (Å²) < 4.78 is 17.3. The van der Waals surface area contributed by atoms with Crippen molar-refractivity contribution in [2.45, 2.75) is 6.92 Å². The second-order valence-electron chi connectivity index (χ2n) is 7.08. The van der Waals surface area contributed by atoms with Crippen LogP contribution < -0.4 is 9.47 Å². The zero-order valence-corrected chi connectivity index (χ0v) is 20.5. The monoisotopic (exact) mass is 573 g/mol. The van der Waals surface area contributed by atoms with Gasteiger partial charge in [0, 0.05) is 9.13 Å². The van der Waals surface area contributed by atoms with Crippen LogP contribution in [0.2, 0.25) is 5.02 Å². The van der Waals surface area contributed by atoms with Crippen LogP contribution in [-0.2, 0) is 9.53 Å². The molecule has 1 aliphatic rings. The van der Waals surface area contributed by atoms with Gasteiger partial charge in [-0.05, 0) is 89.2 Å². The van der Waals surface area contributed by atoms with Gasteiger partial charge in [0.25, 0.3) is 0 Å². The van der Waals surface area contributed by atoms with Gasteiger partial charge in [0.1, 0.15) is 0 Å². The summed E-state index contributed by atoms with van der Waals surface area (Å²) in [4.78, 5) is 29.3. The number of aliphatic imine (C=N–C) groups is 1. The Morgan fingerprint density at radius 3 is 2.55 bits per heavy atom. The van der Waals surface area contributed by atoms with Gasteiger partial charge in [0.15, 0.2) is 17.2 Å². The molecule has 0 atom stereocenters. The molecule has 0 aliphatic carbocycles. The Bertz CT molecular complexity index is 1310. The Labute approximate surface area is 209 Å². The maximum Gasteiger partial charge on any atom is 0.363 e. The van der Waals surface area contributed by atoms with Crippen molar-refractivity contribution in [3.63, 3.8) is 0 Å². The zero-order valence-electron chi connectivity index (χ0n) is 17.6. The Balaban J connectivity index is 1.63. The molecule has 3 aromatic rings. The van der Waals surface area contributed by atoms with E-state index in [2.05, 4.69) is 27.6 Å². The fraction of sp³-hybridized carbons (Fsp3) is 0.0800. The van der Waals surface area contributed by atoms with Crippen molar-refractivity contribution >= 4 is 58.1 Å². The van der Waals surface area contributed by atoms with Crippen LogP contribution in [0.15, 0.2) is 71.4 Å². The van der Waals surface area contributed by atoms with Crippen molar-refractivity contribution in [3.05, 3.63) is 97.2 Å². The summed E-state index contributed by atoms with van der Waals surface area (Å²) in [6.45, 7) is 1.82. The number of ether oxygens (including phenoxy) is 3. The Morgan fingerprint density at radius 2 is 1.85 bits per heavy atom. The molecule has 0 saturated carbocycles. The normalized spacial score (nSPS) is 14.1. The van der Waals surface area contributed by atoms with E-state index in [1.54, 1.807) is 24.3 Å².